The summed E-state index contributed by atoms with van der Waals surface area (Å²) in [6.45, 7) is 7.48. The summed E-state index contributed by atoms with van der Waals surface area (Å²) in [5, 5.41) is 10.6. The minimum absolute atomic E-state index is 0.0946. The quantitative estimate of drug-likeness (QED) is 0.205. The Bertz CT molecular complexity index is 1130. The van der Waals surface area contributed by atoms with Crippen molar-refractivity contribution in [2.24, 2.45) is 0 Å². The average molecular weight is 538 g/mol. The lowest BCUT2D eigenvalue weighted by molar-refractivity contribution is -0.143. The number of amidine groups is 1. The number of piperazine rings is 1. The van der Waals surface area contributed by atoms with Gasteiger partial charge in [-0.2, -0.15) is 0 Å². The highest BCUT2D eigenvalue weighted by molar-refractivity contribution is 6.04. The summed E-state index contributed by atoms with van der Waals surface area (Å²) < 4.78 is 15.8. The van der Waals surface area contributed by atoms with Crippen LogP contribution in [0.15, 0.2) is 54.6 Å². The molecule has 0 bridgehead atoms. The van der Waals surface area contributed by atoms with Gasteiger partial charge in [-0.15, -0.1) is 0 Å². The van der Waals surface area contributed by atoms with Gasteiger partial charge in [0.15, 0.2) is 0 Å². The number of anilines is 1. The van der Waals surface area contributed by atoms with Gasteiger partial charge in [-0.25, -0.2) is 9.59 Å². The summed E-state index contributed by atoms with van der Waals surface area (Å²) in [6.07, 6.45) is -0.963. The molecule has 2 aliphatic rings. The molecule has 4 rings (SSSR count). The molecule has 0 aliphatic carbocycles. The van der Waals surface area contributed by atoms with Crippen molar-refractivity contribution in [3.8, 4) is 0 Å². The number of nitrogens with one attached hydrogen (secondary N) is 2. The van der Waals surface area contributed by atoms with Crippen LogP contribution in [0, 0.1) is 5.41 Å². The van der Waals surface area contributed by atoms with Crippen LogP contribution in [0.5, 0.6) is 0 Å². The third-order valence-corrected chi connectivity index (χ3v) is 6.65. The molecule has 0 radical (unpaired) electrons. The number of esters is 1. The van der Waals surface area contributed by atoms with Crippen molar-refractivity contribution in [2.75, 3.05) is 57.3 Å². The Morgan fingerprint density at radius 2 is 1.69 bits per heavy atom. The van der Waals surface area contributed by atoms with Crippen LogP contribution in [0.1, 0.15) is 24.5 Å². The summed E-state index contributed by atoms with van der Waals surface area (Å²) in [5.74, 6) is -0.261. The van der Waals surface area contributed by atoms with E-state index in [0.29, 0.717) is 43.9 Å². The largest absolute Gasteiger partial charge is 0.466 e. The van der Waals surface area contributed by atoms with Crippen molar-refractivity contribution in [2.45, 2.75) is 26.1 Å². The maximum absolute atomic E-state index is 12.6. The molecule has 2 aromatic rings. The fourth-order valence-electron chi connectivity index (χ4n) is 4.53. The third kappa shape index (κ3) is 8.26. The maximum Gasteiger partial charge on any atom is 0.414 e. The molecule has 11 heteroatoms. The Labute approximate surface area is 228 Å². The van der Waals surface area contributed by atoms with E-state index in [-0.39, 0.29) is 24.5 Å². The lowest BCUT2D eigenvalue weighted by Gasteiger charge is -2.35. The minimum atomic E-state index is -0.710. The molecule has 2 heterocycles. The van der Waals surface area contributed by atoms with Gasteiger partial charge in [0.1, 0.15) is 18.5 Å². The summed E-state index contributed by atoms with van der Waals surface area (Å²) >= 11 is 0. The second-order valence-electron chi connectivity index (χ2n) is 9.42. The van der Waals surface area contributed by atoms with Crippen LogP contribution < -0.4 is 10.2 Å². The highest BCUT2D eigenvalue weighted by atomic mass is 16.6. The molecule has 39 heavy (non-hydrogen) atoms. The molecule has 2 amide bonds. The molecule has 2 saturated heterocycles. The number of nitrogens with zero attached hydrogens (tertiary/aromatic N) is 3. The smallest absolute Gasteiger partial charge is 0.414 e. The Balaban J connectivity index is 1.20. The van der Waals surface area contributed by atoms with Crippen molar-refractivity contribution in [3.63, 3.8) is 0 Å². The normalized spacial score (nSPS) is 17.9. The minimum Gasteiger partial charge on any atom is -0.466 e. The molecule has 0 aromatic heterocycles. The molecular weight excluding hydrogens is 502 g/mol. The third-order valence-electron chi connectivity index (χ3n) is 6.65. The number of carbonyl (C=O) groups excluding carboxylic acids is 3. The van der Waals surface area contributed by atoms with E-state index in [9.17, 15) is 14.4 Å². The second kappa shape index (κ2) is 13.7. The van der Waals surface area contributed by atoms with E-state index in [1.165, 1.54) is 0 Å². The van der Waals surface area contributed by atoms with Crippen LogP contribution in [-0.2, 0) is 25.6 Å². The van der Waals surface area contributed by atoms with E-state index in [0.717, 1.165) is 31.7 Å². The lowest BCUT2D eigenvalue weighted by atomic mass is 10.1. The van der Waals surface area contributed by atoms with Gasteiger partial charge in [0.05, 0.1) is 19.6 Å². The molecule has 2 N–H and O–H groups in total. The summed E-state index contributed by atoms with van der Waals surface area (Å²) in [5.41, 5.74) is 2.00. The summed E-state index contributed by atoms with van der Waals surface area (Å²) in [4.78, 5) is 42.3. The number of hydrogen-bond donors (Lipinski definition) is 2. The topological polar surface area (TPSA) is 125 Å². The molecule has 208 valence electrons. The van der Waals surface area contributed by atoms with Crippen LogP contribution >= 0.6 is 0 Å². The number of benzene rings is 2. The second-order valence-corrected chi connectivity index (χ2v) is 9.42. The summed E-state index contributed by atoms with van der Waals surface area (Å²) in [7, 11) is 0. The fraction of sp³-hybridized carbons (Fsp3) is 0.429. The van der Waals surface area contributed by atoms with Gasteiger partial charge in [0.25, 0.3) is 0 Å². The van der Waals surface area contributed by atoms with Crippen molar-refractivity contribution >= 4 is 29.7 Å². The van der Waals surface area contributed by atoms with E-state index < -0.39 is 12.2 Å². The van der Waals surface area contributed by atoms with E-state index in [4.69, 9.17) is 19.6 Å². The highest BCUT2D eigenvalue weighted by Gasteiger charge is 2.34. The Kier molecular flexibility index (Phi) is 9.87. The van der Waals surface area contributed by atoms with Gasteiger partial charge in [-0.05, 0) is 36.8 Å². The summed E-state index contributed by atoms with van der Waals surface area (Å²) in [6, 6.07) is 16.1. The molecule has 1 atom stereocenters. The van der Waals surface area contributed by atoms with Gasteiger partial charge >= 0.3 is 18.2 Å². The number of carbonyl (C=O) groups is 3. The molecule has 0 saturated carbocycles. The zero-order valence-electron chi connectivity index (χ0n) is 22.1. The number of cyclic esters (lactones) is 1. The zero-order chi connectivity index (χ0) is 27.6. The zero-order valence-corrected chi connectivity index (χ0v) is 22.1. The standard InChI is InChI=1S/C28H35N5O6/c1-2-37-25(34)12-13-31-14-16-32(17-15-31)18-24-19-33(28(36)39-24)23-10-8-22(9-11-23)26(29)30-27(35)38-20-21-6-4-3-5-7-21/h3-11,24H,2,12-20H2,1H3,(H2,29,30,35)/t24-/m1/s1. The van der Waals surface area contributed by atoms with Crippen LogP contribution in [0.25, 0.3) is 0 Å². The predicted molar refractivity (Wildman–Crippen MR) is 145 cm³/mol. The van der Waals surface area contributed by atoms with E-state index in [2.05, 4.69) is 15.1 Å². The Morgan fingerprint density at radius 3 is 2.38 bits per heavy atom. The fourth-order valence-corrected chi connectivity index (χ4v) is 4.53. The molecule has 2 aliphatic heterocycles. The lowest BCUT2D eigenvalue weighted by Crippen LogP contribution is -2.49. The molecule has 0 spiro atoms. The molecule has 0 unspecified atom stereocenters. The first-order chi connectivity index (χ1) is 18.9. The van der Waals surface area contributed by atoms with Gasteiger partial charge < -0.3 is 19.1 Å². The number of amides is 2. The molecule has 2 aromatic carbocycles. The molecule has 2 fully saturated rings. The van der Waals surface area contributed by atoms with Crippen LogP contribution in [0.3, 0.4) is 0 Å². The SMILES string of the molecule is CCOC(=O)CCN1CCN(C[C@@H]2CN(c3ccc(C(=N)NC(=O)OCc4ccccc4)cc3)C(=O)O2)CC1. The van der Waals surface area contributed by atoms with E-state index >= 15 is 0 Å². The monoisotopic (exact) mass is 537 g/mol. The number of rotatable bonds is 10. The van der Waals surface area contributed by atoms with Crippen molar-refractivity contribution < 1.29 is 28.6 Å². The Hall–Kier alpha value is -3.96. The first-order valence-corrected chi connectivity index (χ1v) is 13.2. The molecular formula is C28H35N5O6. The highest BCUT2D eigenvalue weighted by Crippen LogP contribution is 2.23. The maximum atomic E-state index is 12.6. The van der Waals surface area contributed by atoms with Crippen molar-refractivity contribution in [3.05, 3.63) is 65.7 Å². The first-order valence-electron chi connectivity index (χ1n) is 13.2. The Morgan fingerprint density at radius 1 is 1.00 bits per heavy atom. The van der Waals surface area contributed by atoms with E-state index in [1.807, 2.05) is 30.3 Å². The van der Waals surface area contributed by atoms with Crippen LogP contribution in [0.2, 0.25) is 0 Å². The van der Waals surface area contributed by atoms with Crippen LogP contribution in [-0.4, -0.2) is 92.3 Å². The van der Waals surface area contributed by atoms with Gasteiger partial charge in [0.2, 0.25) is 0 Å². The number of alkyl carbamates (subject to hydrolysis) is 1. The average Bonchev–Trinajstić information content (AvgIpc) is 3.32. The van der Waals surface area contributed by atoms with Crippen molar-refractivity contribution in [1.29, 1.82) is 5.41 Å². The van der Waals surface area contributed by atoms with Gasteiger partial charge in [0, 0.05) is 50.5 Å². The number of ether oxygens (including phenoxy) is 3. The van der Waals surface area contributed by atoms with Crippen LogP contribution in [0.4, 0.5) is 15.3 Å². The van der Waals surface area contributed by atoms with Crippen molar-refractivity contribution in [1.82, 2.24) is 15.1 Å². The number of hydrogen-bond acceptors (Lipinski definition) is 9. The molecule has 11 nitrogen and oxygen atoms in total. The first kappa shape index (κ1) is 28.1. The van der Waals surface area contributed by atoms with Gasteiger partial charge in [-0.1, -0.05) is 30.3 Å². The van der Waals surface area contributed by atoms with Gasteiger partial charge in [-0.3, -0.25) is 25.3 Å². The predicted octanol–water partition coefficient (Wildman–Crippen LogP) is 2.83. The van der Waals surface area contributed by atoms with E-state index in [1.54, 1.807) is 36.1 Å².